The van der Waals surface area contributed by atoms with Gasteiger partial charge >= 0.3 is 0 Å². The highest BCUT2D eigenvalue weighted by atomic mass is 16.1. The molecule has 0 aliphatic carbocycles. The molecule has 0 atom stereocenters. The Labute approximate surface area is 179 Å². The Hall–Kier alpha value is -3.81. The van der Waals surface area contributed by atoms with Gasteiger partial charge in [-0.2, -0.15) is 9.50 Å². The van der Waals surface area contributed by atoms with Gasteiger partial charge in [-0.1, -0.05) is 36.4 Å². The summed E-state index contributed by atoms with van der Waals surface area (Å²) in [6.45, 7) is 4.94. The van der Waals surface area contributed by atoms with Crippen LogP contribution >= 0.6 is 0 Å². The molecule has 31 heavy (non-hydrogen) atoms. The molecule has 3 aromatic heterocycles. The summed E-state index contributed by atoms with van der Waals surface area (Å²) in [4.78, 5) is 34.2. The third-order valence-electron chi connectivity index (χ3n) is 5.29. The summed E-state index contributed by atoms with van der Waals surface area (Å²) < 4.78 is 3.31. The van der Waals surface area contributed by atoms with E-state index in [0.717, 1.165) is 16.8 Å². The predicted molar refractivity (Wildman–Crippen MR) is 117 cm³/mol. The molecular weight excluding hydrogens is 392 g/mol. The molecule has 0 aliphatic rings. The lowest BCUT2D eigenvalue weighted by atomic mass is 10.1. The normalized spacial score (nSPS) is 11.0. The van der Waals surface area contributed by atoms with Gasteiger partial charge < -0.3 is 9.88 Å². The van der Waals surface area contributed by atoms with Gasteiger partial charge in [0.1, 0.15) is 0 Å². The lowest BCUT2D eigenvalue weighted by Gasteiger charge is -2.13. The van der Waals surface area contributed by atoms with Crippen molar-refractivity contribution in [1.29, 1.82) is 0 Å². The van der Waals surface area contributed by atoms with Crippen LogP contribution in [0.1, 0.15) is 30.2 Å². The monoisotopic (exact) mass is 416 g/mol. The zero-order valence-electron chi connectivity index (χ0n) is 17.6. The number of benzene rings is 1. The highest BCUT2D eigenvalue weighted by Crippen LogP contribution is 2.17. The fraction of sp³-hybridized carbons (Fsp3) is 0.261. The second-order valence-electron chi connectivity index (χ2n) is 7.26. The third kappa shape index (κ3) is 4.23. The number of carbonyl (C=O) groups is 1. The van der Waals surface area contributed by atoms with Crippen molar-refractivity contribution in [3.63, 3.8) is 0 Å². The molecule has 158 valence electrons. The number of amides is 1. The van der Waals surface area contributed by atoms with Crippen LogP contribution in [0.3, 0.4) is 0 Å². The number of nitrogens with zero attached hydrogens (tertiary/aromatic N) is 5. The van der Waals surface area contributed by atoms with E-state index >= 15 is 0 Å². The van der Waals surface area contributed by atoms with Gasteiger partial charge in [-0.25, -0.2) is 0 Å². The first kappa shape index (κ1) is 20.5. The summed E-state index contributed by atoms with van der Waals surface area (Å²) in [5.74, 6) is 0.897. The van der Waals surface area contributed by atoms with E-state index in [9.17, 15) is 9.59 Å². The topological polar surface area (TPSA) is 94.2 Å². The third-order valence-corrected chi connectivity index (χ3v) is 5.29. The molecule has 0 spiro atoms. The van der Waals surface area contributed by atoms with E-state index in [2.05, 4.69) is 20.4 Å². The first-order valence-electron chi connectivity index (χ1n) is 10.3. The number of pyridine rings is 1. The van der Waals surface area contributed by atoms with Crippen molar-refractivity contribution < 1.29 is 4.79 Å². The van der Waals surface area contributed by atoms with Crippen LogP contribution < -0.4 is 10.9 Å². The number of carbonyl (C=O) groups excluding carboxylic acids is 1. The van der Waals surface area contributed by atoms with Crippen LogP contribution in [0.2, 0.25) is 0 Å². The van der Waals surface area contributed by atoms with Gasteiger partial charge in [0, 0.05) is 48.7 Å². The molecule has 1 amide bonds. The zero-order valence-corrected chi connectivity index (χ0v) is 17.6. The maximum atomic E-state index is 13.2. The maximum Gasteiger partial charge on any atom is 0.279 e. The minimum absolute atomic E-state index is 0.116. The molecule has 8 nitrogen and oxygen atoms in total. The van der Waals surface area contributed by atoms with Crippen molar-refractivity contribution in [1.82, 2.24) is 29.5 Å². The molecule has 1 aromatic carbocycles. The van der Waals surface area contributed by atoms with E-state index in [1.165, 1.54) is 4.52 Å². The van der Waals surface area contributed by atoms with Crippen molar-refractivity contribution in [2.75, 3.05) is 0 Å². The fourth-order valence-electron chi connectivity index (χ4n) is 3.62. The van der Waals surface area contributed by atoms with Crippen molar-refractivity contribution in [2.45, 2.75) is 39.8 Å². The molecule has 1 N–H and O–H groups in total. The summed E-state index contributed by atoms with van der Waals surface area (Å²) in [7, 11) is 0. The van der Waals surface area contributed by atoms with Crippen molar-refractivity contribution in [3.05, 3.63) is 82.0 Å². The number of aromatic nitrogens is 5. The highest BCUT2D eigenvalue weighted by molar-refractivity contribution is 5.76. The van der Waals surface area contributed by atoms with E-state index in [1.807, 2.05) is 60.9 Å². The molecule has 0 saturated carbocycles. The Morgan fingerprint density at radius 2 is 1.94 bits per heavy atom. The van der Waals surface area contributed by atoms with Crippen LogP contribution in [0.4, 0.5) is 0 Å². The van der Waals surface area contributed by atoms with Crippen molar-refractivity contribution >= 4 is 11.7 Å². The Balaban J connectivity index is 1.59. The maximum absolute atomic E-state index is 13.2. The average Bonchev–Trinajstić information content (AvgIpc) is 3.25. The SMILES string of the molecule is CCn1c(C)c(CCC(=O)NCc2cccnc2)c(=O)n2nc(-c3ccccc3)nc12. The zero-order chi connectivity index (χ0) is 21.8. The standard InChI is InChI=1S/C23H24N6O2/c1-3-28-16(2)19(11-12-20(30)25-15-17-8-7-13-24-14-17)22(31)29-23(28)26-21(27-29)18-9-5-4-6-10-18/h4-10,13-14H,3,11-12,15H2,1-2H3,(H,25,30). The predicted octanol–water partition coefficient (Wildman–Crippen LogP) is 2.53. The summed E-state index contributed by atoms with van der Waals surface area (Å²) in [5.41, 5.74) is 2.94. The molecule has 0 fully saturated rings. The summed E-state index contributed by atoms with van der Waals surface area (Å²) >= 11 is 0. The van der Waals surface area contributed by atoms with Gasteiger partial charge in [-0.05, 0) is 31.9 Å². The highest BCUT2D eigenvalue weighted by Gasteiger charge is 2.18. The van der Waals surface area contributed by atoms with Crippen molar-refractivity contribution in [3.8, 4) is 11.4 Å². The van der Waals surface area contributed by atoms with Gasteiger partial charge in [0.05, 0.1) is 0 Å². The molecule has 0 aliphatic heterocycles. The van der Waals surface area contributed by atoms with E-state index in [-0.39, 0.29) is 17.9 Å². The van der Waals surface area contributed by atoms with Gasteiger partial charge in [-0.15, -0.1) is 5.10 Å². The lowest BCUT2D eigenvalue weighted by molar-refractivity contribution is -0.121. The summed E-state index contributed by atoms with van der Waals surface area (Å²) in [6.07, 6.45) is 3.95. The Bertz CT molecular complexity index is 1260. The van der Waals surface area contributed by atoms with Gasteiger partial charge in [-0.3, -0.25) is 14.6 Å². The first-order chi connectivity index (χ1) is 15.1. The molecule has 0 bridgehead atoms. The van der Waals surface area contributed by atoms with Gasteiger partial charge in [0.2, 0.25) is 11.7 Å². The number of rotatable bonds is 7. The van der Waals surface area contributed by atoms with E-state index < -0.39 is 0 Å². The van der Waals surface area contributed by atoms with Crippen LogP contribution in [-0.2, 0) is 24.3 Å². The first-order valence-corrected chi connectivity index (χ1v) is 10.3. The fourth-order valence-corrected chi connectivity index (χ4v) is 3.62. The number of hydrogen-bond donors (Lipinski definition) is 1. The Morgan fingerprint density at radius 3 is 2.65 bits per heavy atom. The summed E-state index contributed by atoms with van der Waals surface area (Å²) in [6, 6.07) is 13.3. The largest absolute Gasteiger partial charge is 0.352 e. The molecule has 4 rings (SSSR count). The van der Waals surface area contributed by atoms with Crippen LogP contribution in [0.5, 0.6) is 0 Å². The van der Waals surface area contributed by atoms with Crippen LogP contribution in [-0.4, -0.2) is 30.1 Å². The van der Waals surface area contributed by atoms with E-state index in [0.29, 0.717) is 36.7 Å². The quantitative estimate of drug-likeness (QED) is 0.500. The van der Waals surface area contributed by atoms with Gasteiger partial charge in [0.25, 0.3) is 5.56 Å². The van der Waals surface area contributed by atoms with E-state index in [4.69, 9.17) is 0 Å². The van der Waals surface area contributed by atoms with Crippen LogP contribution in [0.25, 0.3) is 17.2 Å². The average molecular weight is 416 g/mol. The lowest BCUT2D eigenvalue weighted by Crippen LogP contribution is -2.28. The second kappa shape index (κ2) is 8.91. The van der Waals surface area contributed by atoms with Crippen LogP contribution in [0, 0.1) is 6.92 Å². The molecule has 0 unspecified atom stereocenters. The number of hydrogen-bond acceptors (Lipinski definition) is 5. The number of aryl methyl sites for hydroxylation is 1. The van der Waals surface area contributed by atoms with Crippen LogP contribution in [0.15, 0.2) is 59.7 Å². The number of fused-ring (bicyclic) bond motifs is 1. The van der Waals surface area contributed by atoms with Gasteiger partial charge in [0.15, 0.2) is 5.82 Å². The minimum atomic E-state index is -0.230. The Morgan fingerprint density at radius 1 is 1.13 bits per heavy atom. The Kier molecular flexibility index (Phi) is 5.88. The smallest absolute Gasteiger partial charge is 0.279 e. The molecular formula is C23H24N6O2. The molecule has 4 aromatic rings. The number of nitrogens with one attached hydrogen (secondary N) is 1. The molecule has 0 radical (unpaired) electrons. The minimum Gasteiger partial charge on any atom is -0.352 e. The second-order valence-corrected chi connectivity index (χ2v) is 7.26. The van der Waals surface area contributed by atoms with E-state index in [1.54, 1.807) is 12.4 Å². The summed E-state index contributed by atoms with van der Waals surface area (Å²) in [5, 5.41) is 7.34. The van der Waals surface area contributed by atoms with Crippen molar-refractivity contribution in [2.24, 2.45) is 0 Å². The molecule has 0 saturated heterocycles. The molecule has 3 heterocycles. The molecule has 8 heteroatoms.